The number of phenolic OH excluding ortho intramolecular Hbond substituents is 1. The van der Waals surface area contributed by atoms with Crippen LogP contribution in [0.3, 0.4) is 0 Å². The molecule has 358 valence electrons. The number of carbonyl (C=O) groups is 5. The summed E-state index contributed by atoms with van der Waals surface area (Å²) in [5.41, 5.74) is 15.5. The Kier molecular flexibility index (Phi) is 20.5. The molecule has 4 atom stereocenters. The van der Waals surface area contributed by atoms with E-state index in [0.717, 1.165) is 30.6 Å². The van der Waals surface area contributed by atoms with E-state index in [9.17, 15) is 34.3 Å². The molecule has 0 saturated heterocycles. The highest BCUT2D eigenvalue weighted by Gasteiger charge is 2.36. The molecular formula is C51H65N7O8S. The minimum Gasteiger partial charge on any atom is -0.507 e. The number of Topliss-reactive ketones (excluding diaryl/α,β-unsaturated/α-hetero) is 3. The SMILES string of the molecule is CCCCCOc1ccc(-c2nc(C)c(C(=O)C[C@@H](CCN)C(=O)N(C)[C@@H]3C(=O)C[C@@H](C)C(=O)N[C@H](C(=O)CCC#N)Cc4ccc(O)c(c4)-c4cc3ccc4OCCCN)c(C)n2)cc1.S. The van der Waals surface area contributed by atoms with Crippen molar-refractivity contribution >= 4 is 42.7 Å². The topological polar surface area (TPSA) is 241 Å². The Bertz CT molecular complexity index is 2400. The highest BCUT2D eigenvalue weighted by Crippen LogP contribution is 2.40. The molecule has 2 heterocycles. The van der Waals surface area contributed by atoms with Gasteiger partial charge in [0.05, 0.1) is 42.3 Å². The van der Waals surface area contributed by atoms with Crippen molar-refractivity contribution in [1.29, 1.82) is 5.26 Å². The number of nitrogens with two attached hydrogens (primary N) is 2. The number of amides is 2. The van der Waals surface area contributed by atoms with Crippen molar-refractivity contribution in [2.45, 2.75) is 104 Å². The van der Waals surface area contributed by atoms with E-state index < -0.39 is 41.5 Å². The van der Waals surface area contributed by atoms with Gasteiger partial charge in [0.2, 0.25) is 11.8 Å². The number of hydrogen-bond acceptors (Lipinski definition) is 13. The number of benzene rings is 3. The van der Waals surface area contributed by atoms with Crippen LogP contribution in [0.5, 0.6) is 17.2 Å². The van der Waals surface area contributed by atoms with Gasteiger partial charge in [-0.15, -0.1) is 0 Å². The average molecular weight is 936 g/mol. The van der Waals surface area contributed by atoms with Crippen molar-refractivity contribution in [1.82, 2.24) is 20.2 Å². The van der Waals surface area contributed by atoms with E-state index in [1.54, 1.807) is 51.1 Å². The van der Waals surface area contributed by atoms with Crippen molar-refractivity contribution in [2.75, 3.05) is 33.4 Å². The monoisotopic (exact) mass is 935 g/mol. The number of aromatic hydroxyl groups is 1. The van der Waals surface area contributed by atoms with Gasteiger partial charge in [-0.25, -0.2) is 9.97 Å². The van der Waals surface area contributed by atoms with E-state index >= 15 is 0 Å². The van der Waals surface area contributed by atoms with Crippen LogP contribution in [0.25, 0.3) is 22.5 Å². The molecule has 0 spiro atoms. The van der Waals surface area contributed by atoms with Crippen molar-refractivity contribution in [2.24, 2.45) is 23.3 Å². The first-order valence-electron chi connectivity index (χ1n) is 22.8. The number of ketones is 3. The zero-order valence-corrected chi connectivity index (χ0v) is 40.2. The third kappa shape index (κ3) is 13.9. The molecule has 1 aliphatic heterocycles. The van der Waals surface area contributed by atoms with Crippen LogP contribution < -0.4 is 26.3 Å². The molecule has 67 heavy (non-hydrogen) atoms. The zero-order chi connectivity index (χ0) is 47.9. The summed E-state index contributed by atoms with van der Waals surface area (Å²) < 4.78 is 12.0. The smallest absolute Gasteiger partial charge is 0.226 e. The van der Waals surface area contributed by atoms with Crippen LogP contribution in [0.15, 0.2) is 60.7 Å². The number of ether oxygens (including phenoxy) is 2. The number of aromatic nitrogens is 2. The standard InChI is InChI=1S/C51H63N7O8.H2S/c1-6-7-8-24-65-38-16-13-35(14-17-38)49-55-32(3)47(33(4)56-49)44(61)30-37(20-23-54)51(64)58(5)48-36-15-19-46(66-25-10-22-53)40(29-36)39-27-34(12-18-42(39)59)28-41(43(60)11-9-21-52)57-50(63)31(2)26-45(48)62;/h12-19,27,29,31,37,41,48,59H,6-11,20,22-26,28,30,53-54H2,1-5H3,(H,57,63);1H2/t31-,37-,41+,48+;/m1./s1. The van der Waals surface area contributed by atoms with Gasteiger partial charge in [0, 0.05) is 61.3 Å². The van der Waals surface area contributed by atoms with Gasteiger partial charge in [0.25, 0.3) is 0 Å². The molecule has 2 amide bonds. The van der Waals surface area contributed by atoms with Crippen molar-refractivity contribution in [3.63, 3.8) is 0 Å². The van der Waals surface area contributed by atoms with Crippen LogP contribution in [-0.4, -0.2) is 88.5 Å². The summed E-state index contributed by atoms with van der Waals surface area (Å²) in [6.45, 7) is 8.50. The molecule has 0 fully saturated rings. The van der Waals surface area contributed by atoms with E-state index in [-0.39, 0.29) is 82.5 Å². The first kappa shape index (κ1) is 53.5. The summed E-state index contributed by atoms with van der Waals surface area (Å²) >= 11 is 0. The van der Waals surface area contributed by atoms with Crippen LogP contribution in [0.2, 0.25) is 0 Å². The fourth-order valence-corrected chi connectivity index (χ4v) is 8.27. The minimum absolute atomic E-state index is 0. The van der Waals surface area contributed by atoms with Gasteiger partial charge < -0.3 is 36.3 Å². The molecule has 0 saturated carbocycles. The maximum absolute atomic E-state index is 14.7. The third-order valence-corrected chi connectivity index (χ3v) is 11.9. The van der Waals surface area contributed by atoms with Crippen molar-refractivity contribution < 1.29 is 38.6 Å². The van der Waals surface area contributed by atoms with Crippen LogP contribution in [0.1, 0.15) is 111 Å². The lowest BCUT2D eigenvalue weighted by molar-refractivity contribution is -0.142. The van der Waals surface area contributed by atoms with E-state index in [1.165, 1.54) is 18.0 Å². The van der Waals surface area contributed by atoms with Crippen LogP contribution in [-0.2, 0) is 25.6 Å². The normalized spacial score (nSPS) is 16.4. The lowest BCUT2D eigenvalue weighted by atomic mass is 9.88. The van der Waals surface area contributed by atoms with Crippen LogP contribution >= 0.6 is 13.5 Å². The molecular weight excluding hydrogens is 871 g/mol. The Morgan fingerprint density at radius 3 is 2.28 bits per heavy atom. The molecule has 0 radical (unpaired) electrons. The lowest BCUT2D eigenvalue weighted by Gasteiger charge is -2.32. The Morgan fingerprint density at radius 2 is 1.63 bits per heavy atom. The summed E-state index contributed by atoms with van der Waals surface area (Å²) in [7, 11) is 1.48. The van der Waals surface area contributed by atoms with Crippen molar-refractivity contribution in [3.8, 4) is 45.8 Å². The molecule has 16 heteroatoms. The Labute approximate surface area is 400 Å². The molecule has 0 unspecified atom stereocenters. The molecule has 1 aromatic heterocycles. The zero-order valence-electron chi connectivity index (χ0n) is 39.2. The number of hydrogen-bond donors (Lipinski definition) is 4. The molecule has 4 aromatic rings. The maximum Gasteiger partial charge on any atom is 0.226 e. The second-order valence-corrected chi connectivity index (χ2v) is 17.0. The van der Waals surface area contributed by atoms with Gasteiger partial charge in [-0.05, 0) is 112 Å². The summed E-state index contributed by atoms with van der Waals surface area (Å²) in [4.78, 5) is 81.4. The van der Waals surface area contributed by atoms with Gasteiger partial charge in [-0.2, -0.15) is 18.8 Å². The molecule has 4 bridgehead atoms. The Balaban J connectivity index is 0.00000980. The maximum atomic E-state index is 14.7. The Morgan fingerprint density at radius 1 is 0.925 bits per heavy atom. The Hall–Kier alpha value is -6.15. The largest absolute Gasteiger partial charge is 0.507 e. The number of nitrogens with one attached hydrogen (secondary N) is 1. The number of fused-ring (bicyclic) bond motifs is 5. The number of phenols is 1. The van der Waals surface area contributed by atoms with E-state index in [4.69, 9.17) is 20.9 Å². The van der Waals surface area contributed by atoms with E-state index in [1.807, 2.05) is 30.3 Å². The number of rotatable bonds is 20. The average Bonchev–Trinajstić information content (AvgIpc) is 3.29. The molecule has 5 rings (SSSR count). The summed E-state index contributed by atoms with van der Waals surface area (Å²) in [6.07, 6.45) is 3.21. The highest BCUT2D eigenvalue weighted by molar-refractivity contribution is 7.59. The number of carbonyl (C=O) groups excluding carboxylic acids is 5. The number of unbranched alkanes of at least 4 members (excludes halogenated alkanes) is 2. The predicted molar refractivity (Wildman–Crippen MR) is 261 cm³/mol. The number of likely N-dealkylation sites (N-methyl/N-ethyl adjacent to an activating group) is 1. The fourth-order valence-electron chi connectivity index (χ4n) is 8.27. The first-order chi connectivity index (χ1) is 31.7. The van der Waals surface area contributed by atoms with E-state index in [2.05, 4.69) is 22.2 Å². The highest BCUT2D eigenvalue weighted by atomic mass is 32.1. The predicted octanol–water partition coefficient (Wildman–Crippen LogP) is 6.79. The minimum atomic E-state index is -1.26. The number of nitrogens with zero attached hydrogens (tertiary/aromatic N) is 4. The second kappa shape index (κ2) is 25.7. The number of nitriles is 1. The van der Waals surface area contributed by atoms with Gasteiger partial charge in [-0.1, -0.05) is 38.8 Å². The van der Waals surface area contributed by atoms with Crippen LogP contribution in [0.4, 0.5) is 0 Å². The molecule has 15 nitrogen and oxygen atoms in total. The first-order valence-corrected chi connectivity index (χ1v) is 22.8. The third-order valence-electron chi connectivity index (χ3n) is 11.9. The molecule has 3 aromatic carbocycles. The molecule has 1 aliphatic rings. The summed E-state index contributed by atoms with van der Waals surface area (Å²) in [6, 6.07) is 17.0. The van der Waals surface area contributed by atoms with Gasteiger partial charge in [0.1, 0.15) is 23.3 Å². The molecule has 0 aliphatic carbocycles. The van der Waals surface area contributed by atoms with Gasteiger partial charge >= 0.3 is 0 Å². The second-order valence-electron chi connectivity index (χ2n) is 17.0. The van der Waals surface area contributed by atoms with Crippen LogP contribution in [0, 0.1) is 37.0 Å². The summed E-state index contributed by atoms with van der Waals surface area (Å²) in [5, 5.41) is 23.3. The van der Waals surface area contributed by atoms with E-state index in [0.29, 0.717) is 70.4 Å². The fraction of sp³-hybridized carbons (Fsp3) is 0.451. The quantitative estimate of drug-likeness (QED) is 0.0528. The lowest BCUT2D eigenvalue weighted by Crippen LogP contribution is -2.46. The van der Waals surface area contributed by atoms with Gasteiger partial charge in [0.15, 0.2) is 23.2 Å². The summed E-state index contributed by atoms with van der Waals surface area (Å²) in [5.74, 6) is -2.70. The van der Waals surface area contributed by atoms with Gasteiger partial charge in [-0.3, -0.25) is 24.0 Å². The van der Waals surface area contributed by atoms with Crippen molar-refractivity contribution in [3.05, 3.63) is 88.7 Å². The number of aryl methyl sites for hydroxylation is 2. The molecule has 6 N–H and O–H groups in total.